The third kappa shape index (κ3) is 3.61. The minimum atomic E-state index is -0.231. The Morgan fingerprint density at radius 3 is 2.40 bits per heavy atom. The topological polar surface area (TPSA) is 42.3 Å². The Morgan fingerprint density at radius 1 is 0.933 bits per heavy atom. The zero-order valence-corrected chi connectivity index (χ0v) is 18.4. The first kappa shape index (κ1) is 20.2. The number of benzene rings is 2. The van der Waals surface area contributed by atoms with Gasteiger partial charge in [-0.25, -0.2) is 0 Å². The summed E-state index contributed by atoms with van der Waals surface area (Å²) in [6.45, 7) is 8.64. The molecule has 0 unspecified atom stereocenters. The van der Waals surface area contributed by atoms with Gasteiger partial charge in [0.2, 0.25) is 0 Å². The molecule has 0 spiro atoms. The molecule has 4 nitrogen and oxygen atoms in total. The second-order valence-corrected chi connectivity index (χ2v) is 8.63. The van der Waals surface area contributed by atoms with Crippen LogP contribution < -0.4 is 0 Å². The predicted octanol–water partition coefficient (Wildman–Crippen LogP) is 5.95. The van der Waals surface area contributed by atoms with Crippen molar-refractivity contribution >= 4 is 29.0 Å². The molecule has 5 heteroatoms. The maximum absolute atomic E-state index is 12.9. The molecule has 0 atom stereocenters. The van der Waals surface area contributed by atoms with Crippen LogP contribution in [-0.2, 0) is 11.3 Å². The molecule has 2 amide bonds. The molecule has 0 aliphatic carbocycles. The van der Waals surface area contributed by atoms with E-state index >= 15 is 0 Å². The summed E-state index contributed by atoms with van der Waals surface area (Å²) in [6.07, 6.45) is 1.85. The molecule has 3 aromatic rings. The van der Waals surface area contributed by atoms with Crippen LogP contribution in [0.2, 0.25) is 0 Å². The molecular formula is C25H24N2O2S. The summed E-state index contributed by atoms with van der Waals surface area (Å²) in [7, 11) is 0. The van der Waals surface area contributed by atoms with Crippen molar-refractivity contribution in [1.29, 1.82) is 0 Å². The molecule has 1 aliphatic heterocycles. The second kappa shape index (κ2) is 8.00. The summed E-state index contributed by atoms with van der Waals surface area (Å²) in [5, 5.41) is -0.224. The molecule has 1 saturated heterocycles. The normalized spacial score (nSPS) is 15.5. The molecule has 1 aliphatic rings. The quantitative estimate of drug-likeness (QED) is 0.494. The summed E-state index contributed by atoms with van der Waals surface area (Å²) in [5.41, 5.74) is 7.65. The fourth-order valence-corrected chi connectivity index (χ4v) is 4.65. The van der Waals surface area contributed by atoms with Crippen molar-refractivity contribution < 1.29 is 9.59 Å². The lowest BCUT2D eigenvalue weighted by molar-refractivity contribution is -0.123. The zero-order valence-electron chi connectivity index (χ0n) is 17.6. The van der Waals surface area contributed by atoms with Gasteiger partial charge in [-0.3, -0.25) is 14.5 Å². The molecule has 2 aromatic carbocycles. The number of nitrogens with zero attached hydrogens (tertiary/aromatic N) is 2. The van der Waals surface area contributed by atoms with Crippen molar-refractivity contribution in [2.75, 3.05) is 0 Å². The molecule has 0 N–H and O–H groups in total. The van der Waals surface area contributed by atoms with Crippen LogP contribution in [0.4, 0.5) is 4.79 Å². The van der Waals surface area contributed by atoms with Crippen LogP contribution in [0.15, 0.2) is 59.5 Å². The van der Waals surface area contributed by atoms with E-state index in [1.54, 1.807) is 0 Å². The molecule has 152 valence electrons. The largest absolute Gasteiger partial charge is 0.318 e. The molecule has 0 saturated carbocycles. The number of carbonyl (C=O) groups is 2. The summed E-state index contributed by atoms with van der Waals surface area (Å²) in [5.74, 6) is -0.231. The highest BCUT2D eigenvalue weighted by molar-refractivity contribution is 8.18. The van der Waals surface area contributed by atoms with Gasteiger partial charge in [0.25, 0.3) is 11.1 Å². The molecule has 2 heterocycles. The molecule has 4 rings (SSSR count). The van der Waals surface area contributed by atoms with Crippen molar-refractivity contribution in [2.24, 2.45) is 0 Å². The highest BCUT2D eigenvalue weighted by Crippen LogP contribution is 2.35. The van der Waals surface area contributed by atoms with Gasteiger partial charge in [0.15, 0.2) is 0 Å². The molecular weight excluding hydrogens is 392 g/mol. The van der Waals surface area contributed by atoms with Crippen molar-refractivity contribution in [3.8, 4) is 5.69 Å². The maximum atomic E-state index is 12.9. The summed E-state index contributed by atoms with van der Waals surface area (Å²) < 4.78 is 2.21. The Bertz CT molecular complexity index is 1180. The molecule has 0 bridgehead atoms. The van der Waals surface area contributed by atoms with E-state index in [0.717, 1.165) is 40.0 Å². The van der Waals surface area contributed by atoms with E-state index in [4.69, 9.17) is 0 Å². The van der Waals surface area contributed by atoms with E-state index in [0.29, 0.717) is 11.4 Å². The van der Waals surface area contributed by atoms with Crippen LogP contribution in [0.5, 0.6) is 0 Å². The van der Waals surface area contributed by atoms with Crippen molar-refractivity contribution in [3.05, 3.63) is 93.1 Å². The monoisotopic (exact) mass is 416 g/mol. The van der Waals surface area contributed by atoms with Crippen molar-refractivity contribution in [2.45, 2.75) is 34.2 Å². The highest BCUT2D eigenvalue weighted by Gasteiger charge is 2.35. The summed E-state index contributed by atoms with van der Waals surface area (Å²) >= 11 is 1.01. The third-order valence-electron chi connectivity index (χ3n) is 5.63. The predicted molar refractivity (Wildman–Crippen MR) is 123 cm³/mol. The van der Waals surface area contributed by atoms with Gasteiger partial charge in [0, 0.05) is 17.1 Å². The SMILES string of the molecule is Cc1cccc(-n2c(C)cc(/C=C3\SC(=O)N(Cc4ccccc4)C3=O)c2C)c1C. The van der Waals surface area contributed by atoms with Crippen LogP contribution in [0.3, 0.4) is 0 Å². The number of aromatic nitrogens is 1. The number of rotatable bonds is 4. The number of hydrogen-bond donors (Lipinski definition) is 0. The van der Waals surface area contributed by atoms with Crippen LogP contribution in [0, 0.1) is 27.7 Å². The Morgan fingerprint density at radius 2 is 1.67 bits per heavy atom. The third-order valence-corrected chi connectivity index (χ3v) is 6.54. The Hall–Kier alpha value is -3.05. The van der Waals surface area contributed by atoms with Crippen LogP contribution in [0.25, 0.3) is 11.8 Å². The van der Waals surface area contributed by atoms with Crippen LogP contribution in [-0.4, -0.2) is 20.6 Å². The van der Waals surface area contributed by atoms with Crippen LogP contribution >= 0.6 is 11.8 Å². The fourth-order valence-electron chi connectivity index (χ4n) is 3.83. The van der Waals surface area contributed by atoms with Gasteiger partial charge in [-0.05, 0) is 79.9 Å². The van der Waals surface area contributed by atoms with E-state index in [2.05, 4.69) is 56.5 Å². The van der Waals surface area contributed by atoms with Gasteiger partial charge >= 0.3 is 0 Å². The lowest BCUT2D eigenvalue weighted by Crippen LogP contribution is -2.27. The van der Waals surface area contributed by atoms with Gasteiger partial charge < -0.3 is 4.57 Å². The second-order valence-electron chi connectivity index (χ2n) is 7.63. The first-order valence-electron chi connectivity index (χ1n) is 9.91. The number of aryl methyl sites for hydroxylation is 2. The lowest BCUT2D eigenvalue weighted by Gasteiger charge is -2.14. The van der Waals surface area contributed by atoms with Gasteiger partial charge in [-0.15, -0.1) is 0 Å². The smallest absolute Gasteiger partial charge is 0.293 e. The van der Waals surface area contributed by atoms with E-state index < -0.39 is 0 Å². The van der Waals surface area contributed by atoms with Crippen molar-refractivity contribution in [1.82, 2.24) is 9.47 Å². The van der Waals surface area contributed by atoms with E-state index in [1.165, 1.54) is 16.0 Å². The highest BCUT2D eigenvalue weighted by atomic mass is 32.2. The Balaban J connectivity index is 1.67. The zero-order chi connectivity index (χ0) is 21.4. The van der Waals surface area contributed by atoms with E-state index in [-0.39, 0.29) is 11.1 Å². The van der Waals surface area contributed by atoms with Gasteiger partial charge in [-0.1, -0.05) is 42.5 Å². The van der Waals surface area contributed by atoms with Gasteiger partial charge in [-0.2, -0.15) is 0 Å². The summed E-state index contributed by atoms with van der Waals surface area (Å²) in [4.78, 5) is 27.2. The molecule has 30 heavy (non-hydrogen) atoms. The van der Waals surface area contributed by atoms with E-state index in [1.807, 2.05) is 36.4 Å². The molecule has 0 radical (unpaired) electrons. The number of thioether (sulfide) groups is 1. The lowest BCUT2D eigenvalue weighted by atomic mass is 10.1. The Kier molecular flexibility index (Phi) is 5.39. The summed E-state index contributed by atoms with van der Waals surface area (Å²) in [6, 6.07) is 17.9. The van der Waals surface area contributed by atoms with Crippen LogP contribution in [0.1, 0.15) is 33.6 Å². The number of amides is 2. The fraction of sp³-hybridized carbons (Fsp3) is 0.200. The maximum Gasteiger partial charge on any atom is 0.293 e. The van der Waals surface area contributed by atoms with Gasteiger partial charge in [0.1, 0.15) is 0 Å². The number of imide groups is 1. The average molecular weight is 417 g/mol. The molecule has 1 fully saturated rings. The Labute approximate surface area is 181 Å². The van der Waals surface area contributed by atoms with Crippen molar-refractivity contribution in [3.63, 3.8) is 0 Å². The standard InChI is InChI=1S/C25H24N2O2S/c1-16-9-8-12-22(18(16)3)27-17(2)13-21(19(27)4)14-23-24(28)26(25(29)30-23)15-20-10-6-5-7-11-20/h5-14H,15H2,1-4H3/b23-14-. The molecule has 1 aromatic heterocycles. The number of carbonyl (C=O) groups excluding carboxylic acids is 2. The number of hydrogen-bond acceptors (Lipinski definition) is 3. The minimum Gasteiger partial charge on any atom is -0.318 e. The minimum absolute atomic E-state index is 0.224. The van der Waals surface area contributed by atoms with E-state index in [9.17, 15) is 9.59 Å². The first-order chi connectivity index (χ1) is 14.4. The van der Waals surface area contributed by atoms with Gasteiger partial charge in [0.05, 0.1) is 11.4 Å². The average Bonchev–Trinajstić information content (AvgIpc) is 3.15. The first-order valence-corrected chi connectivity index (χ1v) is 10.7.